The molecule has 0 amide bonds. The van der Waals surface area contributed by atoms with Crippen molar-refractivity contribution in [2.75, 3.05) is 5.32 Å². The fourth-order valence-corrected chi connectivity index (χ4v) is 2.01. The van der Waals surface area contributed by atoms with Crippen LogP contribution in [0.25, 0.3) is 11.1 Å². The van der Waals surface area contributed by atoms with Crippen molar-refractivity contribution in [2.24, 2.45) is 0 Å². The van der Waals surface area contributed by atoms with Gasteiger partial charge in [0.15, 0.2) is 5.58 Å². The van der Waals surface area contributed by atoms with E-state index in [4.69, 9.17) is 16.0 Å². The molecule has 7 heteroatoms. The van der Waals surface area contributed by atoms with Crippen LogP contribution in [0.4, 0.5) is 11.7 Å². The molecule has 0 atom stereocenters. The van der Waals surface area contributed by atoms with Crippen molar-refractivity contribution < 1.29 is 9.34 Å². The molecule has 0 fully saturated rings. The van der Waals surface area contributed by atoms with Gasteiger partial charge in [-0.1, -0.05) is 23.7 Å². The van der Waals surface area contributed by atoms with Gasteiger partial charge in [-0.25, -0.2) is 0 Å². The van der Waals surface area contributed by atoms with Crippen LogP contribution < -0.4 is 5.32 Å². The molecule has 1 heterocycles. The number of hydrogen-bond donors (Lipinski definition) is 1. The smallest absolute Gasteiger partial charge is 0.295 e. The van der Waals surface area contributed by atoms with Crippen LogP contribution in [0, 0.1) is 10.1 Å². The number of nitrogens with zero attached hydrogens (tertiary/aromatic N) is 2. The van der Waals surface area contributed by atoms with Gasteiger partial charge in [0.05, 0.1) is 11.0 Å². The molecule has 6 nitrogen and oxygen atoms in total. The number of aromatic nitrogens is 1. The summed E-state index contributed by atoms with van der Waals surface area (Å²) in [6.07, 6.45) is 0. The molecule has 1 N–H and O–H groups in total. The average molecular weight is 304 g/mol. The predicted octanol–water partition coefficient (Wildman–Crippen LogP) is 4.00. The highest BCUT2D eigenvalue weighted by Gasteiger charge is 2.11. The summed E-state index contributed by atoms with van der Waals surface area (Å²) in [4.78, 5) is 14.5. The second kappa shape index (κ2) is 5.41. The Kier molecular flexibility index (Phi) is 3.45. The number of non-ortho nitro benzene ring substituents is 1. The molecule has 21 heavy (non-hydrogen) atoms. The van der Waals surface area contributed by atoms with Crippen LogP contribution in [0.5, 0.6) is 0 Å². The van der Waals surface area contributed by atoms with E-state index in [-0.39, 0.29) is 5.69 Å². The Hall–Kier alpha value is -2.60. The highest BCUT2D eigenvalue weighted by atomic mass is 35.5. The Bertz CT molecular complexity index is 799. The number of fused-ring (bicyclic) bond motifs is 1. The number of nitro groups is 1. The summed E-state index contributed by atoms with van der Waals surface area (Å²) in [5.74, 6) is 0. The molecule has 3 rings (SSSR count). The van der Waals surface area contributed by atoms with E-state index in [0.717, 1.165) is 5.56 Å². The summed E-state index contributed by atoms with van der Waals surface area (Å²) < 4.78 is 5.45. The van der Waals surface area contributed by atoms with Gasteiger partial charge in [0.2, 0.25) is 0 Å². The molecule has 2 aromatic carbocycles. The van der Waals surface area contributed by atoms with Gasteiger partial charge in [-0.2, -0.15) is 4.98 Å². The lowest BCUT2D eigenvalue weighted by Crippen LogP contribution is -1.98. The maximum Gasteiger partial charge on any atom is 0.295 e. The molecule has 0 bridgehead atoms. The Balaban J connectivity index is 1.78. The van der Waals surface area contributed by atoms with Crippen LogP contribution >= 0.6 is 11.6 Å². The summed E-state index contributed by atoms with van der Waals surface area (Å²) in [5, 5.41) is 14.4. The quantitative estimate of drug-likeness (QED) is 0.582. The van der Waals surface area contributed by atoms with Crippen LogP contribution in [0.3, 0.4) is 0 Å². The van der Waals surface area contributed by atoms with E-state index in [1.807, 2.05) is 12.1 Å². The summed E-state index contributed by atoms with van der Waals surface area (Å²) in [6.45, 7) is 0.520. The van der Waals surface area contributed by atoms with Gasteiger partial charge >= 0.3 is 0 Å². The number of nitrogens with one attached hydrogen (secondary N) is 1. The molecule has 0 aliphatic rings. The molecular formula is C14H10ClN3O3. The third kappa shape index (κ3) is 2.95. The Labute approximate surface area is 124 Å². The third-order valence-electron chi connectivity index (χ3n) is 2.94. The minimum atomic E-state index is -0.469. The van der Waals surface area contributed by atoms with E-state index in [9.17, 15) is 10.1 Å². The number of halogens is 1. The first-order valence-electron chi connectivity index (χ1n) is 6.15. The highest BCUT2D eigenvalue weighted by molar-refractivity contribution is 6.30. The first-order chi connectivity index (χ1) is 10.1. The zero-order chi connectivity index (χ0) is 14.8. The van der Waals surface area contributed by atoms with E-state index in [0.29, 0.717) is 28.7 Å². The van der Waals surface area contributed by atoms with E-state index >= 15 is 0 Å². The minimum Gasteiger partial charge on any atom is -0.423 e. The van der Waals surface area contributed by atoms with E-state index in [1.54, 1.807) is 18.2 Å². The van der Waals surface area contributed by atoms with Gasteiger partial charge in [-0.15, -0.1) is 0 Å². The molecule has 0 unspecified atom stereocenters. The van der Waals surface area contributed by atoms with Crippen molar-refractivity contribution in [3.05, 3.63) is 63.2 Å². The molecular weight excluding hydrogens is 294 g/mol. The number of oxazole rings is 1. The van der Waals surface area contributed by atoms with Crippen molar-refractivity contribution in [1.82, 2.24) is 4.98 Å². The van der Waals surface area contributed by atoms with Crippen molar-refractivity contribution >= 4 is 34.4 Å². The van der Waals surface area contributed by atoms with Crippen molar-refractivity contribution in [3.63, 3.8) is 0 Å². The molecule has 106 valence electrons. The Morgan fingerprint density at radius 1 is 1.24 bits per heavy atom. The van der Waals surface area contributed by atoms with Crippen molar-refractivity contribution in [2.45, 2.75) is 6.54 Å². The number of hydrogen-bond acceptors (Lipinski definition) is 5. The van der Waals surface area contributed by atoms with Crippen LogP contribution in [0.2, 0.25) is 5.02 Å². The largest absolute Gasteiger partial charge is 0.423 e. The van der Waals surface area contributed by atoms with Gasteiger partial charge in [-0.3, -0.25) is 10.1 Å². The van der Waals surface area contributed by atoms with E-state index < -0.39 is 4.92 Å². The molecule has 0 aliphatic carbocycles. The normalized spacial score (nSPS) is 10.7. The zero-order valence-electron chi connectivity index (χ0n) is 10.7. The fourth-order valence-electron chi connectivity index (χ4n) is 1.88. The SMILES string of the molecule is O=[N+]([O-])c1ccc2nc(NCc3ccc(Cl)cc3)oc2c1. The lowest BCUT2D eigenvalue weighted by atomic mass is 10.2. The lowest BCUT2D eigenvalue weighted by molar-refractivity contribution is -0.384. The molecule has 0 saturated heterocycles. The number of benzene rings is 2. The number of nitro benzene ring substituents is 1. The summed E-state index contributed by atoms with van der Waals surface area (Å²) >= 11 is 5.82. The second-order valence-corrected chi connectivity index (χ2v) is 4.84. The Morgan fingerprint density at radius 2 is 2.00 bits per heavy atom. The monoisotopic (exact) mass is 303 g/mol. The summed E-state index contributed by atoms with van der Waals surface area (Å²) in [6, 6.07) is 12.0. The molecule has 0 radical (unpaired) electrons. The molecule has 0 spiro atoms. The van der Waals surface area contributed by atoms with Crippen molar-refractivity contribution in [3.8, 4) is 0 Å². The molecule has 0 aliphatic heterocycles. The molecule has 3 aromatic rings. The molecule has 1 aromatic heterocycles. The average Bonchev–Trinajstić information content (AvgIpc) is 2.88. The van der Waals surface area contributed by atoms with Gasteiger partial charge < -0.3 is 9.73 Å². The van der Waals surface area contributed by atoms with Gasteiger partial charge in [0.25, 0.3) is 11.7 Å². The maximum absolute atomic E-state index is 10.7. The molecule has 0 saturated carbocycles. The lowest BCUT2D eigenvalue weighted by Gasteiger charge is -2.01. The summed E-state index contributed by atoms with van der Waals surface area (Å²) in [7, 11) is 0. The van der Waals surface area contributed by atoms with E-state index in [1.165, 1.54) is 12.1 Å². The van der Waals surface area contributed by atoms with Crippen LogP contribution in [-0.2, 0) is 6.54 Å². The first-order valence-corrected chi connectivity index (χ1v) is 6.53. The first kappa shape index (κ1) is 13.4. The van der Waals surface area contributed by atoms with Gasteiger partial charge in [0, 0.05) is 17.6 Å². The standard InChI is InChI=1S/C14H10ClN3O3/c15-10-3-1-9(2-4-10)8-16-14-17-12-6-5-11(18(19)20)7-13(12)21-14/h1-7H,8H2,(H,16,17). The number of anilines is 1. The second-order valence-electron chi connectivity index (χ2n) is 4.41. The zero-order valence-corrected chi connectivity index (χ0v) is 11.5. The van der Waals surface area contributed by atoms with Crippen LogP contribution in [0.15, 0.2) is 46.9 Å². The maximum atomic E-state index is 10.7. The minimum absolute atomic E-state index is 0.0251. The topological polar surface area (TPSA) is 81.2 Å². The van der Waals surface area contributed by atoms with E-state index in [2.05, 4.69) is 10.3 Å². The van der Waals surface area contributed by atoms with Crippen LogP contribution in [-0.4, -0.2) is 9.91 Å². The third-order valence-corrected chi connectivity index (χ3v) is 3.19. The van der Waals surface area contributed by atoms with Gasteiger partial charge in [-0.05, 0) is 23.8 Å². The number of rotatable bonds is 4. The highest BCUT2D eigenvalue weighted by Crippen LogP contribution is 2.24. The van der Waals surface area contributed by atoms with Gasteiger partial charge in [0.1, 0.15) is 5.52 Å². The Morgan fingerprint density at radius 3 is 2.71 bits per heavy atom. The predicted molar refractivity (Wildman–Crippen MR) is 79.4 cm³/mol. The fraction of sp³-hybridized carbons (Fsp3) is 0.0714. The summed E-state index contributed by atoms with van der Waals surface area (Å²) in [5.41, 5.74) is 1.94. The van der Waals surface area contributed by atoms with Crippen LogP contribution in [0.1, 0.15) is 5.56 Å². The van der Waals surface area contributed by atoms with Crippen molar-refractivity contribution in [1.29, 1.82) is 0 Å².